The highest BCUT2D eigenvalue weighted by atomic mass is 16.6. The molecule has 6 heteroatoms. The first-order chi connectivity index (χ1) is 12.0. The predicted octanol–water partition coefficient (Wildman–Crippen LogP) is 1.69. The van der Waals surface area contributed by atoms with Gasteiger partial charge in [-0.15, -0.1) is 0 Å². The molecule has 0 amide bonds. The zero-order valence-electron chi connectivity index (χ0n) is 16.0. The molecule has 1 fully saturated rings. The molecule has 1 aliphatic heterocycles. The van der Waals surface area contributed by atoms with Gasteiger partial charge < -0.3 is 30.5 Å². The van der Waals surface area contributed by atoms with Gasteiger partial charge in [-0.3, -0.25) is 0 Å². The van der Waals surface area contributed by atoms with Gasteiger partial charge in [0.25, 0.3) is 0 Å². The molecule has 1 unspecified atom stereocenters. The lowest BCUT2D eigenvalue weighted by Crippen LogP contribution is -2.69. The smallest absolute Gasteiger partial charge is 0.184 e. The number of aliphatic hydroxyl groups is 4. The molecule has 5 N–H and O–H groups in total. The lowest BCUT2D eigenvalue weighted by Gasteiger charge is -2.48. The van der Waals surface area contributed by atoms with Crippen LogP contribution in [0, 0.1) is 0 Å². The molecule has 1 rings (SSSR count). The summed E-state index contributed by atoms with van der Waals surface area (Å²) in [7, 11) is 0. The first-order valence-corrected chi connectivity index (χ1v) is 10.1. The topological polar surface area (TPSA) is 102 Å². The Kier molecular flexibility index (Phi) is 11.1. The van der Waals surface area contributed by atoms with Gasteiger partial charge in [-0.25, -0.2) is 0 Å². The summed E-state index contributed by atoms with van der Waals surface area (Å²) in [5, 5.41) is 43.8. The first-order valence-electron chi connectivity index (χ1n) is 10.1. The highest BCUT2D eigenvalue weighted by Gasteiger charge is 2.52. The lowest BCUT2D eigenvalue weighted by atomic mass is 9.87. The predicted molar refractivity (Wildman–Crippen MR) is 98.2 cm³/mol. The summed E-state index contributed by atoms with van der Waals surface area (Å²) in [5.74, 6) is -1.57. The zero-order chi connectivity index (χ0) is 18.7. The number of hydrogen-bond donors (Lipinski definition) is 5. The molecule has 1 heterocycles. The molecule has 1 aliphatic rings. The summed E-state index contributed by atoms with van der Waals surface area (Å²) in [5.41, 5.74) is 0. The Hall–Kier alpha value is -0.240. The molecule has 0 aliphatic carbocycles. The van der Waals surface area contributed by atoms with Crippen LogP contribution in [-0.4, -0.2) is 63.7 Å². The maximum Gasteiger partial charge on any atom is 0.184 e. The number of aliphatic hydroxyl groups excluding tert-OH is 3. The van der Waals surface area contributed by atoms with Gasteiger partial charge in [0.2, 0.25) is 0 Å². The van der Waals surface area contributed by atoms with Crippen molar-refractivity contribution in [3.8, 4) is 0 Å². The first kappa shape index (κ1) is 22.8. The van der Waals surface area contributed by atoms with Crippen LogP contribution in [0.25, 0.3) is 0 Å². The number of nitrogens with one attached hydrogen (secondary N) is 1. The Bertz CT molecular complexity index is 344. The minimum atomic E-state index is -1.57. The highest BCUT2D eigenvalue weighted by Crippen LogP contribution is 2.32. The summed E-state index contributed by atoms with van der Waals surface area (Å²) in [6.07, 6.45) is 7.08. The molecule has 0 aromatic carbocycles. The van der Waals surface area contributed by atoms with Crippen molar-refractivity contribution in [2.45, 2.75) is 108 Å². The van der Waals surface area contributed by atoms with Gasteiger partial charge in [0.1, 0.15) is 18.3 Å². The van der Waals surface area contributed by atoms with E-state index in [-0.39, 0.29) is 0 Å². The van der Waals surface area contributed by atoms with Crippen molar-refractivity contribution in [1.29, 1.82) is 0 Å². The SMILES string of the molecule is CCCCCCCCCCC1(O)O[C@H](CO)[C@H](O)[C@H](O)[C@H]1NCCC. The van der Waals surface area contributed by atoms with E-state index in [9.17, 15) is 20.4 Å². The third kappa shape index (κ3) is 7.12. The van der Waals surface area contributed by atoms with Crippen LogP contribution in [0.4, 0.5) is 0 Å². The van der Waals surface area contributed by atoms with Crippen molar-refractivity contribution < 1.29 is 25.2 Å². The molecular weight excluding hydrogens is 322 g/mol. The minimum Gasteiger partial charge on any atom is -0.394 e. The summed E-state index contributed by atoms with van der Waals surface area (Å²) in [4.78, 5) is 0. The molecule has 6 nitrogen and oxygen atoms in total. The fraction of sp³-hybridized carbons (Fsp3) is 1.00. The van der Waals surface area contributed by atoms with E-state index in [1.165, 1.54) is 32.1 Å². The number of ether oxygens (including phenoxy) is 1. The standard InChI is InChI=1S/C19H39NO5/c1-3-5-6-7-8-9-10-11-12-19(24)18(20-13-4-2)17(23)16(22)15(14-21)25-19/h15-18,20-24H,3-14H2,1-2H3/t15-,16+,17+,18-,19?/m1/s1. The normalized spacial score (nSPS) is 32.9. The Morgan fingerprint density at radius 2 is 1.48 bits per heavy atom. The maximum atomic E-state index is 11.0. The minimum absolute atomic E-state index is 0.379. The summed E-state index contributed by atoms with van der Waals surface area (Å²) >= 11 is 0. The maximum absolute atomic E-state index is 11.0. The van der Waals surface area contributed by atoms with Crippen LogP contribution in [0.5, 0.6) is 0 Å². The molecule has 150 valence electrons. The van der Waals surface area contributed by atoms with Gasteiger partial charge in [0.05, 0.1) is 12.6 Å². The van der Waals surface area contributed by atoms with E-state index in [0.29, 0.717) is 13.0 Å². The fourth-order valence-electron chi connectivity index (χ4n) is 3.54. The van der Waals surface area contributed by atoms with Crippen molar-refractivity contribution in [3.63, 3.8) is 0 Å². The average Bonchev–Trinajstić information content (AvgIpc) is 2.60. The van der Waals surface area contributed by atoms with E-state index in [2.05, 4.69) is 12.2 Å². The van der Waals surface area contributed by atoms with Gasteiger partial charge in [0, 0.05) is 6.42 Å². The van der Waals surface area contributed by atoms with Crippen LogP contribution >= 0.6 is 0 Å². The molecular formula is C19H39NO5. The van der Waals surface area contributed by atoms with E-state index in [1.807, 2.05) is 6.92 Å². The van der Waals surface area contributed by atoms with Crippen molar-refractivity contribution in [2.24, 2.45) is 0 Å². The third-order valence-corrected chi connectivity index (χ3v) is 5.10. The molecule has 0 radical (unpaired) electrons. The van der Waals surface area contributed by atoms with Crippen LogP contribution < -0.4 is 5.32 Å². The molecule has 0 spiro atoms. The highest BCUT2D eigenvalue weighted by molar-refractivity contribution is 5.00. The van der Waals surface area contributed by atoms with Gasteiger partial charge in [-0.1, -0.05) is 58.8 Å². The second kappa shape index (κ2) is 12.2. The molecule has 0 saturated carbocycles. The summed E-state index contributed by atoms with van der Waals surface area (Å²) in [6, 6.07) is -0.755. The van der Waals surface area contributed by atoms with Crippen molar-refractivity contribution >= 4 is 0 Å². The van der Waals surface area contributed by atoms with Gasteiger partial charge in [0.15, 0.2) is 5.79 Å². The lowest BCUT2D eigenvalue weighted by molar-refractivity contribution is -0.322. The number of rotatable bonds is 13. The third-order valence-electron chi connectivity index (χ3n) is 5.10. The van der Waals surface area contributed by atoms with Gasteiger partial charge in [-0.2, -0.15) is 0 Å². The van der Waals surface area contributed by atoms with Crippen LogP contribution in [0.2, 0.25) is 0 Å². The molecule has 0 aromatic heterocycles. The van der Waals surface area contributed by atoms with Gasteiger partial charge >= 0.3 is 0 Å². The molecule has 0 bridgehead atoms. The quantitative estimate of drug-likeness (QED) is 0.320. The van der Waals surface area contributed by atoms with Crippen molar-refractivity contribution in [3.05, 3.63) is 0 Å². The van der Waals surface area contributed by atoms with Crippen molar-refractivity contribution in [2.75, 3.05) is 13.2 Å². The van der Waals surface area contributed by atoms with Crippen LogP contribution in [-0.2, 0) is 4.74 Å². The monoisotopic (exact) mass is 361 g/mol. The Balaban J connectivity index is 2.49. The number of hydrogen-bond acceptors (Lipinski definition) is 6. The Morgan fingerprint density at radius 1 is 0.880 bits per heavy atom. The van der Waals surface area contributed by atoms with E-state index < -0.39 is 36.7 Å². The summed E-state index contributed by atoms with van der Waals surface area (Å²) < 4.78 is 5.61. The van der Waals surface area contributed by atoms with E-state index in [0.717, 1.165) is 25.7 Å². The largest absolute Gasteiger partial charge is 0.394 e. The zero-order valence-corrected chi connectivity index (χ0v) is 16.0. The molecule has 25 heavy (non-hydrogen) atoms. The Morgan fingerprint density at radius 3 is 2.04 bits per heavy atom. The number of unbranched alkanes of at least 4 members (excludes halogenated alkanes) is 7. The van der Waals surface area contributed by atoms with E-state index >= 15 is 0 Å². The van der Waals surface area contributed by atoms with Crippen LogP contribution in [0.1, 0.15) is 78.1 Å². The van der Waals surface area contributed by atoms with Crippen LogP contribution in [0.3, 0.4) is 0 Å². The second-order valence-electron chi connectivity index (χ2n) is 7.32. The van der Waals surface area contributed by atoms with Gasteiger partial charge in [-0.05, 0) is 19.4 Å². The van der Waals surface area contributed by atoms with E-state index in [4.69, 9.17) is 4.74 Å². The summed E-state index contributed by atoms with van der Waals surface area (Å²) in [6.45, 7) is 4.38. The average molecular weight is 362 g/mol. The Labute approximate surface area is 152 Å². The van der Waals surface area contributed by atoms with Crippen LogP contribution in [0.15, 0.2) is 0 Å². The fourth-order valence-corrected chi connectivity index (χ4v) is 3.54. The van der Waals surface area contributed by atoms with Crippen molar-refractivity contribution in [1.82, 2.24) is 5.32 Å². The molecule has 1 saturated heterocycles. The molecule has 5 atom stereocenters. The molecule has 0 aromatic rings. The second-order valence-corrected chi connectivity index (χ2v) is 7.32. The van der Waals surface area contributed by atoms with E-state index in [1.54, 1.807) is 0 Å².